The topological polar surface area (TPSA) is 59.7 Å². The maximum Gasteiger partial charge on any atom is 0.0547 e. The number of aryl methyl sites for hydroxylation is 2. The van der Waals surface area contributed by atoms with Crippen LogP contribution < -0.4 is 5.73 Å². The zero-order valence-corrected chi connectivity index (χ0v) is 38.7. The van der Waals surface area contributed by atoms with Crippen molar-refractivity contribution >= 4 is 66.8 Å². The maximum absolute atomic E-state index is 7.91. The van der Waals surface area contributed by atoms with Crippen molar-refractivity contribution in [1.29, 1.82) is 5.41 Å². The Bertz CT molecular complexity index is 3630. The highest BCUT2D eigenvalue weighted by atomic mass is 15.0. The molecule has 0 bridgehead atoms. The Hall–Kier alpha value is -8.21. The third-order valence-electron chi connectivity index (χ3n) is 13.8. The second kappa shape index (κ2) is 17.6. The van der Waals surface area contributed by atoms with Crippen molar-refractivity contribution in [2.24, 2.45) is 5.73 Å². The van der Waals surface area contributed by atoms with Gasteiger partial charge in [-0.1, -0.05) is 128 Å². The third kappa shape index (κ3) is 7.51. The number of nitrogens with two attached hydrogens (primary N) is 1. The second-order valence-corrected chi connectivity index (χ2v) is 17.7. The fourth-order valence-electron chi connectivity index (χ4n) is 10.2. The van der Waals surface area contributed by atoms with E-state index in [-0.39, 0.29) is 0 Å². The van der Waals surface area contributed by atoms with Crippen LogP contribution in [0, 0.1) is 5.41 Å². The van der Waals surface area contributed by atoms with E-state index in [0.29, 0.717) is 0 Å². The Labute approximate surface area is 393 Å². The molecular weight excluding hydrogens is 813 g/mol. The van der Waals surface area contributed by atoms with E-state index in [2.05, 4.69) is 188 Å². The van der Waals surface area contributed by atoms with Crippen molar-refractivity contribution < 1.29 is 0 Å². The molecule has 0 aliphatic heterocycles. The van der Waals surface area contributed by atoms with Gasteiger partial charge in [-0.2, -0.15) is 0 Å². The highest BCUT2D eigenvalue weighted by molar-refractivity contribution is 6.15. The fraction of sp³-hybridized carbons (Fsp3) is 0.0952. The summed E-state index contributed by atoms with van der Waals surface area (Å²) in [5.41, 5.74) is 29.2. The number of fused-ring (bicyclic) bond motifs is 9. The maximum atomic E-state index is 7.91. The first-order valence-electron chi connectivity index (χ1n) is 23.1. The summed E-state index contributed by atoms with van der Waals surface area (Å²) in [6, 6.07) is 51.7. The lowest BCUT2D eigenvalue weighted by molar-refractivity contribution is 0.946. The largest absolute Gasteiger partial charge is 0.405 e. The van der Waals surface area contributed by atoms with Crippen LogP contribution in [0.3, 0.4) is 0 Å². The van der Waals surface area contributed by atoms with Gasteiger partial charge < -0.3 is 20.3 Å². The summed E-state index contributed by atoms with van der Waals surface area (Å²) in [6.07, 6.45) is 16.7. The summed E-state index contributed by atoms with van der Waals surface area (Å²) in [6.45, 7) is 17.0. The lowest BCUT2D eigenvalue weighted by Gasteiger charge is -2.22. The SMILES string of the molecule is C=C/C=C(\C=C/C)c1ccc(-c2ccc3c(c2)c2cc4c(cc2n3/C(C)=C(C)/C=C\N)-c2cc3c(cc2CC4)c2cc(-c4ccc(-c5ccccc5)cc4)ccc2n3C(=C)/C(C)=C\C=N)cc1. The first-order valence-corrected chi connectivity index (χ1v) is 23.1. The van der Waals surface area contributed by atoms with Crippen LogP contribution in [-0.4, -0.2) is 15.3 Å². The molecule has 0 radical (unpaired) electrons. The number of hydrogen-bond donors (Lipinski definition) is 2. The molecule has 2 heterocycles. The Balaban J connectivity index is 1.15. The van der Waals surface area contributed by atoms with E-state index in [1.165, 1.54) is 88.9 Å². The average Bonchev–Trinajstić information content (AvgIpc) is 3.85. The first kappa shape index (κ1) is 42.7. The van der Waals surface area contributed by atoms with Crippen LogP contribution in [0.5, 0.6) is 0 Å². The van der Waals surface area contributed by atoms with Gasteiger partial charge in [-0.25, -0.2) is 0 Å². The van der Waals surface area contributed by atoms with E-state index in [1.54, 1.807) is 6.20 Å². The number of nitrogens with zero attached hydrogens (tertiary/aromatic N) is 2. The molecule has 326 valence electrons. The van der Waals surface area contributed by atoms with Gasteiger partial charge in [0.05, 0.1) is 22.1 Å². The molecular formula is C63H54N4. The molecule has 4 heteroatoms. The van der Waals surface area contributed by atoms with E-state index >= 15 is 0 Å². The van der Waals surface area contributed by atoms with E-state index in [4.69, 9.17) is 11.1 Å². The van der Waals surface area contributed by atoms with Crippen LogP contribution in [0.15, 0.2) is 206 Å². The Morgan fingerprint density at radius 2 is 1.06 bits per heavy atom. The van der Waals surface area contributed by atoms with Gasteiger partial charge in [0.2, 0.25) is 0 Å². The minimum Gasteiger partial charge on any atom is -0.405 e. The molecule has 1 aliphatic rings. The molecule has 9 aromatic rings. The first-order chi connectivity index (χ1) is 32.7. The zero-order chi connectivity index (χ0) is 46.3. The Morgan fingerprint density at radius 1 is 0.567 bits per heavy atom. The average molecular weight is 867 g/mol. The van der Waals surface area contributed by atoms with Gasteiger partial charge in [-0.05, 0) is 185 Å². The number of nitrogens with one attached hydrogen (secondary N) is 1. The van der Waals surface area contributed by atoms with E-state index < -0.39 is 0 Å². The molecule has 0 saturated heterocycles. The molecule has 10 rings (SSSR count). The fourth-order valence-corrected chi connectivity index (χ4v) is 10.2. The predicted molar refractivity (Wildman–Crippen MR) is 290 cm³/mol. The van der Waals surface area contributed by atoms with Gasteiger partial charge in [0, 0.05) is 39.2 Å². The van der Waals surface area contributed by atoms with E-state index in [1.807, 2.05) is 38.2 Å². The Kier molecular flexibility index (Phi) is 11.2. The minimum atomic E-state index is 0.858. The van der Waals surface area contributed by atoms with Crippen molar-refractivity contribution in [3.63, 3.8) is 0 Å². The third-order valence-corrected chi connectivity index (χ3v) is 13.8. The highest BCUT2D eigenvalue weighted by Gasteiger charge is 2.24. The number of benzene rings is 7. The molecule has 2 aromatic heterocycles. The van der Waals surface area contributed by atoms with E-state index in [9.17, 15) is 0 Å². The van der Waals surface area contributed by atoms with Gasteiger partial charge in [0.25, 0.3) is 0 Å². The molecule has 3 N–H and O–H groups in total. The summed E-state index contributed by atoms with van der Waals surface area (Å²) in [5.74, 6) is 0. The van der Waals surface area contributed by atoms with E-state index in [0.717, 1.165) is 63.1 Å². The lowest BCUT2D eigenvalue weighted by Crippen LogP contribution is -2.05. The molecule has 1 aliphatic carbocycles. The van der Waals surface area contributed by atoms with Crippen LogP contribution in [-0.2, 0) is 12.8 Å². The monoisotopic (exact) mass is 866 g/mol. The summed E-state index contributed by atoms with van der Waals surface area (Å²) in [7, 11) is 0. The summed E-state index contributed by atoms with van der Waals surface area (Å²) < 4.78 is 4.72. The predicted octanol–water partition coefficient (Wildman–Crippen LogP) is 16.6. The summed E-state index contributed by atoms with van der Waals surface area (Å²) >= 11 is 0. The van der Waals surface area contributed by atoms with Crippen molar-refractivity contribution in [3.8, 4) is 44.5 Å². The van der Waals surface area contributed by atoms with Crippen molar-refractivity contribution in [2.75, 3.05) is 0 Å². The van der Waals surface area contributed by atoms with Crippen LogP contribution in [0.1, 0.15) is 44.4 Å². The molecule has 0 amide bonds. The van der Waals surface area contributed by atoms with Crippen molar-refractivity contribution in [2.45, 2.75) is 40.5 Å². The lowest BCUT2D eigenvalue weighted by atomic mass is 9.84. The second-order valence-electron chi connectivity index (χ2n) is 17.7. The van der Waals surface area contributed by atoms with Crippen LogP contribution in [0.25, 0.3) is 105 Å². The van der Waals surface area contributed by atoms with Crippen molar-refractivity contribution in [1.82, 2.24) is 9.13 Å². The molecule has 0 unspecified atom stereocenters. The molecule has 0 saturated carbocycles. The number of hydrogen-bond acceptors (Lipinski definition) is 2. The number of allylic oxidation sites excluding steroid dienone is 11. The molecule has 0 fully saturated rings. The summed E-state index contributed by atoms with van der Waals surface area (Å²) in [4.78, 5) is 0. The van der Waals surface area contributed by atoms with Gasteiger partial charge >= 0.3 is 0 Å². The molecule has 0 atom stereocenters. The zero-order valence-electron chi connectivity index (χ0n) is 38.7. The van der Waals surface area contributed by atoms with Gasteiger partial charge in [-0.15, -0.1) is 0 Å². The molecule has 0 spiro atoms. The Morgan fingerprint density at radius 3 is 1.60 bits per heavy atom. The minimum absolute atomic E-state index is 0.858. The van der Waals surface area contributed by atoms with Gasteiger partial charge in [0.15, 0.2) is 0 Å². The van der Waals surface area contributed by atoms with Gasteiger partial charge in [-0.3, -0.25) is 0 Å². The molecule has 67 heavy (non-hydrogen) atoms. The smallest absolute Gasteiger partial charge is 0.0547 e. The molecule has 4 nitrogen and oxygen atoms in total. The van der Waals surface area contributed by atoms with Crippen LogP contribution in [0.2, 0.25) is 0 Å². The van der Waals surface area contributed by atoms with Gasteiger partial charge in [0.1, 0.15) is 0 Å². The normalized spacial score (nSPS) is 13.5. The highest BCUT2D eigenvalue weighted by Crippen LogP contribution is 2.45. The quantitative estimate of drug-likeness (QED) is 0.0987. The summed E-state index contributed by atoms with van der Waals surface area (Å²) in [5, 5.41) is 12.8. The number of rotatable bonds is 11. The standard InChI is InChI=1S/C63H54N4/c1-7-12-44(13-8-2)46-16-20-48(21-17-46)50-26-28-60-56(34-50)58-36-52-24-25-53-37-59-57-35-51(49-22-18-47(19-23-49)45-14-10-9-11-15-45)27-29-61(57)67(43(6)41(4)31-33-65)63(59)39-55(53)54(52)38-62(58)66(60)42(5)40(3)30-32-64/h7-23,26-39,65H,1,6,24-25,64H2,2-5H3/b13-8-,32-30-,41-31-,42-40+,44-12+,65-33?. The van der Waals surface area contributed by atoms with Crippen LogP contribution in [0.4, 0.5) is 0 Å². The molecule has 7 aromatic carbocycles. The number of aromatic nitrogens is 2. The van der Waals surface area contributed by atoms with Crippen LogP contribution >= 0.6 is 0 Å². The van der Waals surface area contributed by atoms with Crippen molar-refractivity contribution in [3.05, 3.63) is 223 Å².